The molecule has 4 heteroatoms. The van der Waals surface area contributed by atoms with Gasteiger partial charge in [-0.1, -0.05) is 24.3 Å². The van der Waals surface area contributed by atoms with Crippen molar-refractivity contribution in [2.75, 3.05) is 6.54 Å². The Morgan fingerprint density at radius 2 is 1.89 bits per heavy atom. The average molecular weight is 269 g/mol. The number of rotatable bonds is 3. The molecule has 0 aliphatic rings. The second-order valence-corrected chi connectivity index (χ2v) is 5.60. The molecule has 0 saturated carbocycles. The summed E-state index contributed by atoms with van der Waals surface area (Å²) < 4.78 is 2.65. The SMILES string of the molecule is N=C(N)NCCc1ccc2sc3ccccc3c2c1. The Morgan fingerprint density at radius 1 is 1.11 bits per heavy atom. The topological polar surface area (TPSA) is 61.9 Å². The van der Waals surface area contributed by atoms with E-state index < -0.39 is 0 Å². The van der Waals surface area contributed by atoms with E-state index in [4.69, 9.17) is 11.1 Å². The molecule has 0 unspecified atom stereocenters. The molecule has 1 heterocycles. The van der Waals surface area contributed by atoms with Crippen LogP contribution in [0.15, 0.2) is 42.5 Å². The number of fused-ring (bicyclic) bond motifs is 3. The summed E-state index contributed by atoms with van der Waals surface area (Å²) in [6, 6.07) is 15.1. The minimum absolute atomic E-state index is 0.0297. The van der Waals surface area contributed by atoms with Crippen molar-refractivity contribution in [3.05, 3.63) is 48.0 Å². The number of hydrogen-bond acceptors (Lipinski definition) is 2. The van der Waals surface area contributed by atoms with Crippen molar-refractivity contribution >= 4 is 37.5 Å². The maximum absolute atomic E-state index is 7.14. The van der Waals surface area contributed by atoms with Crippen LogP contribution in [0.5, 0.6) is 0 Å². The summed E-state index contributed by atoms with van der Waals surface area (Å²) >= 11 is 1.83. The molecule has 2 aromatic carbocycles. The van der Waals surface area contributed by atoms with Crippen LogP contribution in [0.2, 0.25) is 0 Å². The van der Waals surface area contributed by atoms with E-state index >= 15 is 0 Å². The highest BCUT2D eigenvalue weighted by Gasteiger charge is 2.05. The Morgan fingerprint density at radius 3 is 2.74 bits per heavy atom. The van der Waals surface area contributed by atoms with E-state index in [0.717, 1.165) is 6.42 Å². The van der Waals surface area contributed by atoms with E-state index in [1.54, 1.807) is 0 Å². The molecule has 0 spiro atoms. The van der Waals surface area contributed by atoms with Crippen molar-refractivity contribution in [2.24, 2.45) is 5.73 Å². The lowest BCUT2D eigenvalue weighted by molar-refractivity contribution is 0.855. The van der Waals surface area contributed by atoms with Gasteiger partial charge in [-0.05, 0) is 30.2 Å². The number of nitrogens with one attached hydrogen (secondary N) is 2. The van der Waals surface area contributed by atoms with Gasteiger partial charge in [-0.15, -0.1) is 11.3 Å². The van der Waals surface area contributed by atoms with Crippen LogP contribution >= 0.6 is 11.3 Å². The molecule has 0 aliphatic carbocycles. The first-order chi connectivity index (χ1) is 9.24. The van der Waals surface area contributed by atoms with Crippen LogP contribution < -0.4 is 11.1 Å². The predicted octanol–water partition coefficient (Wildman–Crippen LogP) is 3.08. The molecule has 0 fully saturated rings. The minimum atomic E-state index is 0.0297. The van der Waals surface area contributed by atoms with E-state index in [0.29, 0.717) is 6.54 Å². The molecule has 0 radical (unpaired) electrons. The van der Waals surface area contributed by atoms with Gasteiger partial charge in [0.05, 0.1) is 0 Å². The van der Waals surface area contributed by atoms with Crippen LogP contribution in [-0.4, -0.2) is 12.5 Å². The number of benzene rings is 2. The molecule has 0 saturated heterocycles. The largest absolute Gasteiger partial charge is 0.370 e. The highest BCUT2D eigenvalue weighted by Crippen LogP contribution is 2.34. The van der Waals surface area contributed by atoms with Crippen LogP contribution in [0.1, 0.15) is 5.56 Å². The lowest BCUT2D eigenvalue weighted by Gasteiger charge is -2.04. The monoisotopic (exact) mass is 269 g/mol. The highest BCUT2D eigenvalue weighted by molar-refractivity contribution is 7.25. The fraction of sp³-hybridized carbons (Fsp3) is 0.133. The third-order valence-electron chi connectivity index (χ3n) is 3.17. The molecule has 3 aromatic rings. The lowest BCUT2D eigenvalue weighted by atomic mass is 10.1. The van der Waals surface area contributed by atoms with E-state index in [1.165, 1.54) is 25.7 Å². The zero-order valence-corrected chi connectivity index (χ0v) is 11.3. The molecule has 4 N–H and O–H groups in total. The van der Waals surface area contributed by atoms with Gasteiger partial charge in [-0.25, -0.2) is 0 Å². The molecule has 0 atom stereocenters. The summed E-state index contributed by atoms with van der Waals surface area (Å²) in [5.74, 6) is 0.0297. The summed E-state index contributed by atoms with van der Waals surface area (Å²) in [6.45, 7) is 0.697. The highest BCUT2D eigenvalue weighted by atomic mass is 32.1. The normalized spacial score (nSPS) is 10.9. The maximum atomic E-state index is 7.14. The van der Waals surface area contributed by atoms with Crippen LogP contribution in [0, 0.1) is 5.41 Å². The minimum Gasteiger partial charge on any atom is -0.370 e. The summed E-state index contributed by atoms with van der Waals surface area (Å²) in [5.41, 5.74) is 6.55. The standard InChI is InChI=1S/C15H15N3S/c16-15(17)18-8-7-10-5-6-14-12(9-10)11-3-1-2-4-13(11)19-14/h1-6,9H,7-8H2,(H4,16,17,18). The zero-order valence-electron chi connectivity index (χ0n) is 10.4. The Kier molecular flexibility index (Phi) is 3.09. The molecule has 3 rings (SSSR count). The van der Waals surface area contributed by atoms with Gasteiger partial charge in [0.15, 0.2) is 5.96 Å². The first kappa shape index (κ1) is 12.0. The smallest absolute Gasteiger partial charge is 0.185 e. The molecule has 0 amide bonds. The molecule has 0 bridgehead atoms. The predicted molar refractivity (Wildman–Crippen MR) is 83.0 cm³/mol. The Labute approximate surface area is 115 Å². The van der Waals surface area contributed by atoms with Crippen LogP contribution in [0.3, 0.4) is 0 Å². The van der Waals surface area contributed by atoms with Crippen LogP contribution in [-0.2, 0) is 6.42 Å². The van der Waals surface area contributed by atoms with E-state index in [2.05, 4.69) is 47.8 Å². The lowest BCUT2D eigenvalue weighted by Crippen LogP contribution is -2.31. The first-order valence-electron chi connectivity index (χ1n) is 6.22. The number of guanidine groups is 1. The second kappa shape index (κ2) is 4.90. The molecular formula is C15H15N3S. The fourth-order valence-electron chi connectivity index (χ4n) is 2.27. The molecule has 3 nitrogen and oxygen atoms in total. The Bertz CT molecular complexity index is 745. The third-order valence-corrected chi connectivity index (χ3v) is 4.32. The fourth-order valence-corrected chi connectivity index (χ4v) is 3.36. The van der Waals surface area contributed by atoms with Gasteiger partial charge >= 0.3 is 0 Å². The van der Waals surface area contributed by atoms with Gasteiger partial charge in [0.1, 0.15) is 0 Å². The van der Waals surface area contributed by atoms with Crippen molar-refractivity contribution in [2.45, 2.75) is 6.42 Å². The summed E-state index contributed by atoms with van der Waals surface area (Å²) in [7, 11) is 0. The molecule has 19 heavy (non-hydrogen) atoms. The molecule has 0 aliphatic heterocycles. The number of nitrogens with two attached hydrogens (primary N) is 1. The van der Waals surface area contributed by atoms with Gasteiger partial charge < -0.3 is 11.1 Å². The summed E-state index contributed by atoms with van der Waals surface area (Å²) in [4.78, 5) is 0. The van der Waals surface area contributed by atoms with E-state index in [9.17, 15) is 0 Å². The number of hydrogen-bond donors (Lipinski definition) is 3. The molecular weight excluding hydrogens is 254 g/mol. The van der Waals surface area contributed by atoms with Gasteiger partial charge in [0, 0.05) is 26.7 Å². The first-order valence-corrected chi connectivity index (χ1v) is 7.04. The van der Waals surface area contributed by atoms with Gasteiger partial charge in [-0.2, -0.15) is 0 Å². The van der Waals surface area contributed by atoms with Crippen molar-refractivity contribution in [1.82, 2.24) is 5.32 Å². The average Bonchev–Trinajstić information content (AvgIpc) is 2.76. The van der Waals surface area contributed by atoms with Crippen molar-refractivity contribution in [3.8, 4) is 0 Å². The summed E-state index contributed by atoms with van der Waals surface area (Å²) in [6.07, 6.45) is 0.875. The van der Waals surface area contributed by atoms with Gasteiger partial charge in [0.25, 0.3) is 0 Å². The van der Waals surface area contributed by atoms with Crippen molar-refractivity contribution in [3.63, 3.8) is 0 Å². The van der Waals surface area contributed by atoms with Crippen molar-refractivity contribution < 1.29 is 0 Å². The van der Waals surface area contributed by atoms with Crippen molar-refractivity contribution in [1.29, 1.82) is 5.41 Å². The zero-order chi connectivity index (χ0) is 13.2. The number of thiophene rings is 1. The maximum Gasteiger partial charge on any atom is 0.185 e. The van der Waals surface area contributed by atoms with Gasteiger partial charge in [-0.3, -0.25) is 5.41 Å². The second-order valence-electron chi connectivity index (χ2n) is 4.52. The van der Waals surface area contributed by atoms with Crippen LogP contribution in [0.25, 0.3) is 20.2 Å². The van der Waals surface area contributed by atoms with E-state index in [-0.39, 0.29) is 5.96 Å². The quantitative estimate of drug-likeness (QED) is 0.505. The molecule has 96 valence electrons. The van der Waals surface area contributed by atoms with Gasteiger partial charge in [0.2, 0.25) is 0 Å². The third kappa shape index (κ3) is 2.39. The molecule has 1 aromatic heterocycles. The Balaban J connectivity index is 1.95. The summed E-state index contributed by atoms with van der Waals surface area (Å²) in [5, 5.41) is 12.6. The van der Waals surface area contributed by atoms with E-state index in [1.807, 2.05) is 11.3 Å². The van der Waals surface area contributed by atoms with Crippen LogP contribution in [0.4, 0.5) is 0 Å². The Hall–Kier alpha value is -2.07.